The van der Waals surface area contributed by atoms with Gasteiger partial charge in [0.25, 0.3) is 5.91 Å². The lowest BCUT2D eigenvalue weighted by molar-refractivity contribution is -0.138. The van der Waals surface area contributed by atoms with Crippen LogP contribution >= 0.6 is 0 Å². The summed E-state index contributed by atoms with van der Waals surface area (Å²) in [5.74, 6) is -0.610. The van der Waals surface area contributed by atoms with E-state index in [2.05, 4.69) is 10.3 Å². The topological polar surface area (TPSA) is 92.4 Å². The maximum absolute atomic E-state index is 12.7. The van der Waals surface area contributed by atoms with Crippen molar-refractivity contribution in [2.24, 2.45) is 0 Å². The first-order chi connectivity index (χ1) is 15.0. The maximum atomic E-state index is 12.7. The van der Waals surface area contributed by atoms with Crippen LogP contribution in [0.1, 0.15) is 44.9 Å². The van der Waals surface area contributed by atoms with Gasteiger partial charge in [-0.25, -0.2) is 4.98 Å². The predicted octanol–water partition coefficient (Wildman–Crippen LogP) is 4.92. The van der Waals surface area contributed by atoms with Gasteiger partial charge < -0.3 is 14.8 Å². The van der Waals surface area contributed by atoms with Gasteiger partial charge in [-0.3, -0.25) is 9.59 Å². The van der Waals surface area contributed by atoms with E-state index in [1.807, 2.05) is 6.92 Å². The Morgan fingerprint density at radius 1 is 1.09 bits per heavy atom. The fourth-order valence-electron chi connectivity index (χ4n) is 3.14. The standard InChI is InChI=1S/C23H21F3N2O4/c1-13-11-17(4-3-15(13)7-10-20(29)30)21(31)27-12-19-14(2)32-22(28-19)16-5-8-18(9-6-16)23(24,25)26/h3-6,8-9,11H,7,10,12H2,1-2H3,(H,27,31)(H,29,30). The average molecular weight is 446 g/mol. The van der Waals surface area contributed by atoms with E-state index in [0.29, 0.717) is 29.0 Å². The van der Waals surface area contributed by atoms with Crippen molar-refractivity contribution >= 4 is 11.9 Å². The highest BCUT2D eigenvalue weighted by Gasteiger charge is 2.30. The summed E-state index contributed by atoms with van der Waals surface area (Å²) in [5.41, 5.74) is 2.19. The smallest absolute Gasteiger partial charge is 0.416 e. The number of oxazole rings is 1. The fraction of sp³-hybridized carbons (Fsp3) is 0.261. The van der Waals surface area contributed by atoms with Crippen molar-refractivity contribution in [2.45, 2.75) is 39.4 Å². The number of carboxylic acid groups (broad SMARTS) is 1. The second-order valence-electron chi connectivity index (χ2n) is 7.31. The van der Waals surface area contributed by atoms with Crippen molar-refractivity contribution in [3.05, 3.63) is 76.2 Å². The quantitative estimate of drug-likeness (QED) is 0.537. The molecule has 0 saturated carbocycles. The molecule has 0 atom stereocenters. The molecule has 32 heavy (non-hydrogen) atoms. The normalized spacial score (nSPS) is 11.4. The highest BCUT2D eigenvalue weighted by atomic mass is 19.4. The summed E-state index contributed by atoms with van der Waals surface area (Å²) >= 11 is 0. The number of halogens is 3. The predicted molar refractivity (Wildman–Crippen MR) is 110 cm³/mol. The summed E-state index contributed by atoms with van der Waals surface area (Å²) in [4.78, 5) is 27.5. The molecule has 0 bridgehead atoms. The molecule has 0 saturated heterocycles. The number of aromatic nitrogens is 1. The molecule has 3 aromatic rings. The summed E-state index contributed by atoms with van der Waals surface area (Å²) in [6.07, 6.45) is -4.03. The van der Waals surface area contributed by atoms with Crippen LogP contribution in [0.25, 0.3) is 11.5 Å². The van der Waals surface area contributed by atoms with Gasteiger partial charge in [-0.05, 0) is 67.8 Å². The first kappa shape index (κ1) is 23.1. The van der Waals surface area contributed by atoms with E-state index in [9.17, 15) is 22.8 Å². The van der Waals surface area contributed by atoms with E-state index in [1.54, 1.807) is 25.1 Å². The lowest BCUT2D eigenvalue weighted by Gasteiger charge is -2.08. The summed E-state index contributed by atoms with van der Waals surface area (Å²) in [5, 5.41) is 11.5. The van der Waals surface area contributed by atoms with Crippen molar-refractivity contribution < 1.29 is 32.3 Å². The molecule has 0 radical (unpaired) electrons. The molecule has 9 heteroatoms. The van der Waals surface area contributed by atoms with Gasteiger partial charge >= 0.3 is 12.1 Å². The number of aryl methyl sites for hydroxylation is 3. The van der Waals surface area contributed by atoms with E-state index in [0.717, 1.165) is 23.3 Å². The van der Waals surface area contributed by atoms with Gasteiger partial charge in [-0.15, -0.1) is 0 Å². The Hall–Kier alpha value is -3.62. The van der Waals surface area contributed by atoms with E-state index in [1.165, 1.54) is 12.1 Å². The summed E-state index contributed by atoms with van der Waals surface area (Å²) < 4.78 is 43.7. The van der Waals surface area contributed by atoms with E-state index < -0.39 is 17.7 Å². The lowest BCUT2D eigenvalue weighted by atomic mass is 10.0. The van der Waals surface area contributed by atoms with Gasteiger partial charge in [0.2, 0.25) is 5.89 Å². The zero-order valence-electron chi connectivity index (χ0n) is 17.4. The van der Waals surface area contributed by atoms with Crippen molar-refractivity contribution in [1.29, 1.82) is 0 Å². The highest BCUT2D eigenvalue weighted by molar-refractivity contribution is 5.94. The van der Waals surface area contributed by atoms with Gasteiger partial charge in [0.15, 0.2) is 0 Å². The van der Waals surface area contributed by atoms with Crippen LogP contribution in [0.4, 0.5) is 13.2 Å². The fourth-order valence-corrected chi connectivity index (χ4v) is 3.14. The molecule has 6 nitrogen and oxygen atoms in total. The molecule has 168 valence electrons. The molecule has 2 N–H and O–H groups in total. The maximum Gasteiger partial charge on any atom is 0.416 e. The molecule has 0 aliphatic heterocycles. The van der Waals surface area contributed by atoms with Gasteiger partial charge in [-0.1, -0.05) is 6.07 Å². The zero-order chi connectivity index (χ0) is 23.5. The first-order valence-electron chi connectivity index (χ1n) is 9.78. The first-order valence-corrected chi connectivity index (χ1v) is 9.78. The number of nitrogens with one attached hydrogen (secondary N) is 1. The Labute approximate surface area is 182 Å². The molecule has 0 aliphatic rings. The Bertz CT molecular complexity index is 1140. The zero-order valence-corrected chi connectivity index (χ0v) is 17.4. The summed E-state index contributed by atoms with van der Waals surface area (Å²) in [6, 6.07) is 9.53. The number of benzene rings is 2. The third-order valence-corrected chi connectivity index (χ3v) is 4.98. The summed E-state index contributed by atoms with van der Waals surface area (Å²) in [7, 11) is 0. The number of aliphatic carboxylic acids is 1. The molecular weight excluding hydrogens is 425 g/mol. The molecule has 2 aromatic carbocycles. The molecule has 0 aliphatic carbocycles. The Morgan fingerprint density at radius 2 is 1.78 bits per heavy atom. The Balaban J connectivity index is 1.66. The summed E-state index contributed by atoms with van der Waals surface area (Å²) in [6.45, 7) is 3.55. The number of carbonyl (C=O) groups excluding carboxylic acids is 1. The third-order valence-electron chi connectivity index (χ3n) is 4.98. The number of carbonyl (C=O) groups is 2. The minimum absolute atomic E-state index is 0.0130. The number of carboxylic acids is 1. The molecule has 1 heterocycles. The molecule has 3 rings (SSSR count). The molecule has 0 fully saturated rings. The highest BCUT2D eigenvalue weighted by Crippen LogP contribution is 2.31. The number of hydrogen-bond acceptors (Lipinski definition) is 4. The second-order valence-corrected chi connectivity index (χ2v) is 7.31. The van der Waals surface area contributed by atoms with Gasteiger partial charge in [-0.2, -0.15) is 13.2 Å². The van der Waals surface area contributed by atoms with Gasteiger partial charge in [0.05, 0.1) is 12.1 Å². The number of rotatable bonds is 7. The number of nitrogens with zero attached hydrogens (tertiary/aromatic N) is 1. The van der Waals surface area contributed by atoms with Crippen LogP contribution < -0.4 is 5.32 Å². The van der Waals surface area contributed by atoms with Crippen LogP contribution in [-0.4, -0.2) is 22.0 Å². The van der Waals surface area contributed by atoms with Crippen LogP contribution in [0.2, 0.25) is 0 Å². The Morgan fingerprint density at radius 3 is 2.38 bits per heavy atom. The van der Waals surface area contributed by atoms with Crippen LogP contribution in [0.3, 0.4) is 0 Å². The molecule has 0 spiro atoms. The monoisotopic (exact) mass is 446 g/mol. The van der Waals surface area contributed by atoms with Gasteiger partial charge in [0.1, 0.15) is 11.5 Å². The van der Waals surface area contributed by atoms with Gasteiger partial charge in [0, 0.05) is 17.5 Å². The second kappa shape index (κ2) is 9.25. The van der Waals surface area contributed by atoms with Crippen molar-refractivity contribution in [1.82, 2.24) is 10.3 Å². The van der Waals surface area contributed by atoms with Crippen molar-refractivity contribution in [3.8, 4) is 11.5 Å². The number of amides is 1. The third kappa shape index (κ3) is 5.54. The number of alkyl halides is 3. The molecule has 1 aromatic heterocycles. The Kier molecular flexibility index (Phi) is 6.67. The van der Waals surface area contributed by atoms with Crippen LogP contribution in [0.15, 0.2) is 46.9 Å². The van der Waals surface area contributed by atoms with Crippen LogP contribution in [-0.2, 0) is 23.9 Å². The molecule has 0 unspecified atom stereocenters. The van der Waals surface area contributed by atoms with Crippen LogP contribution in [0.5, 0.6) is 0 Å². The molecule has 1 amide bonds. The minimum Gasteiger partial charge on any atom is -0.481 e. The van der Waals surface area contributed by atoms with Crippen LogP contribution in [0, 0.1) is 13.8 Å². The minimum atomic E-state index is -4.42. The largest absolute Gasteiger partial charge is 0.481 e. The number of hydrogen-bond donors (Lipinski definition) is 2. The van der Waals surface area contributed by atoms with E-state index in [-0.39, 0.29) is 24.8 Å². The average Bonchev–Trinajstić information content (AvgIpc) is 3.11. The van der Waals surface area contributed by atoms with Crippen molar-refractivity contribution in [3.63, 3.8) is 0 Å². The molecular formula is C23H21F3N2O4. The van der Waals surface area contributed by atoms with E-state index >= 15 is 0 Å². The lowest BCUT2D eigenvalue weighted by Crippen LogP contribution is -2.23. The SMILES string of the molecule is Cc1cc(C(=O)NCc2nc(-c3ccc(C(F)(F)F)cc3)oc2C)ccc1CCC(=O)O. The van der Waals surface area contributed by atoms with E-state index in [4.69, 9.17) is 9.52 Å². The van der Waals surface area contributed by atoms with Crippen molar-refractivity contribution in [2.75, 3.05) is 0 Å².